The topological polar surface area (TPSA) is 100 Å². The Balaban J connectivity index is 2.07. The normalized spacial score (nSPS) is 41.4. The van der Waals surface area contributed by atoms with Gasteiger partial charge < -0.3 is 21.5 Å². The van der Waals surface area contributed by atoms with E-state index in [-0.39, 0.29) is 24.2 Å². The van der Waals surface area contributed by atoms with Gasteiger partial charge >= 0.3 is 0 Å². The number of aliphatic hydroxyl groups excluding tert-OH is 1. The highest BCUT2D eigenvalue weighted by molar-refractivity contribution is 5.87. The molecule has 1 spiro atoms. The summed E-state index contributed by atoms with van der Waals surface area (Å²) in [6.07, 6.45) is 2.74. The summed E-state index contributed by atoms with van der Waals surface area (Å²) in [5.74, 6) is 1.36. The molecule has 2 unspecified atom stereocenters. The summed E-state index contributed by atoms with van der Waals surface area (Å²) in [5, 5.41) is 9.39. The van der Waals surface area contributed by atoms with E-state index in [1.807, 2.05) is 0 Å². The fourth-order valence-corrected chi connectivity index (χ4v) is 3.35. The molecule has 88 valence electrons. The lowest BCUT2D eigenvalue weighted by atomic mass is 9.83. The lowest BCUT2D eigenvalue weighted by Gasteiger charge is -2.44. The molecule has 3 aliphatic heterocycles. The van der Waals surface area contributed by atoms with Gasteiger partial charge in [-0.25, -0.2) is 9.98 Å². The summed E-state index contributed by atoms with van der Waals surface area (Å²) in [7, 11) is 0. The Kier molecular flexibility index (Phi) is 1.92. The van der Waals surface area contributed by atoms with E-state index in [1.165, 1.54) is 0 Å². The van der Waals surface area contributed by atoms with Gasteiger partial charge in [-0.15, -0.1) is 0 Å². The number of hydrogen-bond donors (Lipinski definition) is 3. The van der Waals surface area contributed by atoms with Gasteiger partial charge in [0.1, 0.15) is 5.66 Å². The van der Waals surface area contributed by atoms with Gasteiger partial charge in [0, 0.05) is 18.9 Å². The second-order valence-corrected chi connectivity index (χ2v) is 4.78. The minimum absolute atomic E-state index is 0.0176. The van der Waals surface area contributed by atoms with Crippen LogP contribution in [0.1, 0.15) is 19.3 Å². The molecule has 1 saturated heterocycles. The van der Waals surface area contributed by atoms with Crippen LogP contribution in [-0.4, -0.2) is 46.7 Å². The number of rotatable bonds is 1. The van der Waals surface area contributed by atoms with Crippen LogP contribution in [0, 0.1) is 5.92 Å². The zero-order chi connectivity index (χ0) is 11.3. The standard InChI is InChI=1S/C10H17N5O/c11-8-4-6-7(5-16)13-9(12)15-3-1-2-10(6,15)14-8/h6-7,16H,1-5H2,(H2,11,14)(H2,12,13)/t6-,7?,10?/m0/s1. The molecule has 3 aliphatic rings. The molecule has 0 bridgehead atoms. The SMILES string of the molecule is NC1=NC23CCCN2C(N)=NC(CO)[C@@H]3C1. The zero-order valence-electron chi connectivity index (χ0n) is 9.13. The molecule has 0 amide bonds. The van der Waals surface area contributed by atoms with E-state index in [9.17, 15) is 5.11 Å². The Hall–Kier alpha value is -1.30. The first-order valence-electron chi connectivity index (χ1n) is 5.73. The Morgan fingerprint density at radius 3 is 3.06 bits per heavy atom. The summed E-state index contributed by atoms with van der Waals surface area (Å²) in [6, 6.07) is -0.154. The van der Waals surface area contributed by atoms with Crippen molar-refractivity contribution in [3.05, 3.63) is 0 Å². The van der Waals surface area contributed by atoms with Crippen LogP contribution >= 0.6 is 0 Å². The number of guanidine groups is 1. The third-order valence-corrected chi connectivity index (χ3v) is 3.98. The molecular formula is C10H17N5O. The first-order valence-corrected chi connectivity index (χ1v) is 5.73. The summed E-state index contributed by atoms with van der Waals surface area (Å²) < 4.78 is 0. The van der Waals surface area contributed by atoms with E-state index in [0.29, 0.717) is 11.8 Å². The Bertz CT molecular complexity index is 379. The van der Waals surface area contributed by atoms with Crippen LogP contribution in [0.3, 0.4) is 0 Å². The maximum Gasteiger partial charge on any atom is 0.193 e. The van der Waals surface area contributed by atoms with Crippen LogP contribution in [0.5, 0.6) is 0 Å². The van der Waals surface area contributed by atoms with Crippen molar-refractivity contribution in [1.29, 1.82) is 0 Å². The van der Waals surface area contributed by atoms with Crippen LogP contribution in [0.4, 0.5) is 0 Å². The molecular weight excluding hydrogens is 206 g/mol. The van der Waals surface area contributed by atoms with Gasteiger partial charge in [0.05, 0.1) is 18.5 Å². The second-order valence-electron chi connectivity index (χ2n) is 4.78. The second kappa shape index (κ2) is 3.10. The first-order chi connectivity index (χ1) is 7.67. The van der Waals surface area contributed by atoms with E-state index in [2.05, 4.69) is 14.9 Å². The quantitative estimate of drug-likeness (QED) is 0.522. The highest BCUT2D eigenvalue weighted by atomic mass is 16.3. The highest BCUT2D eigenvalue weighted by Crippen LogP contribution is 2.46. The van der Waals surface area contributed by atoms with Gasteiger partial charge in [-0.3, -0.25) is 0 Å². The number of amidine groups is 1. The number of nitrogens with two attached hydrogens (primary N) is 2. The molecule has 0 aromatic heterocycles. The van der Waals surface area contributed by atoms with Crippen LogP contribution in [0.25, 0.3) is 0 Å². The van der Waals surface area contributed by atoms with Crippen molar-refractivity contribution in [1.82, 2.24) is 4.90 Å². The molecule has 6 nitrogen and oxygen atoms in total. The van der Waals surface area contributed by atoms with Crippen molar-refractivity contribution in [3.63, 3.8) is 0 Å². The Morgan fingerprint density at radius 1 is 1.50 bits per heavy atom. The maximum atomic E-state index is 9.39. The van der Waals surface area contributed by atoms with Crippen molar-refractivity contribution >= 4 is 11.8 Å². The van der Waals surface area contributed by atoms with Gasteiger partial charge in [-0.05, 0) is 12.8 Å². The van der Waals surface area contributed by atoms with Gasteiger partial charge in [0.15, 0.2) is 5.96 Å². The lowest BCUT2D eigenvalue weighted by molar-refractivity contribution is 0.0961. The molecule has 0 radical (unpaired) electrons. The zero-order valence-corrected chi connectivity index (χ0v) is 9.13. The van der Waals surface area contributed by atoms with Gasteiger partial charge in [0.25, 0.3) is 0 Å². The van der Waals surface area contributed by atoms with E-state index < -0.39 is 0 Å². The number of aliphatic imine (C=N–C) groups is 2. The predicted octanol–water partition coefficient (Wildman–Crippen LogP) is -1.16. The van der Waals surface area contributed by atoms with Crippen LogP contribution < -0.4 is 11.5 Å². The monoisotopic (exact) mass is 223 g/mol. The van der Waals surface area contributed by atoms with E-state index in [4.69, 9.17) is 11.5 Å². The molecule has 1 fully saturated rings. The number of aliphatic hydroxyl groups is 1. The van der Waals surface area contributed by atoms with Crippen molar-refractivity contribution in [3.8, 4) is 0 Å². The van der Waals surface area contributed by atoms with E-state index in [1.54, 1.807) is 0 Å². The molecule has 16 heavy (non-hydrogen) atoms. The summed E-state index contributed by atoms with van der Waals surface area (Å²) in [6.45, 7) is 0.907. The molecule has 0 aromatic rings. The maximum absolute atomic E-state index is 9.39. The van der Waals surface area contributed by atoms with E-state index >= 15 is 0 Å². The van der Waals surface area contributed by atoms with Gasteiger partial charge in [0.2, 0.25) is 0 Å². The average molecular weight is 223 g/mol. The van der Waals surface area contributed by atoms with E-state index in [0.717, 1.165) is 25.8 Å². The first kappa shape index (κ1) is 9.89. The molecule has 0 aromatic carbocycles. The third kappa shape index (κ3) is 1.05. The van der Waals surface area contributed by atoms with Crippen LogP contribution in [0.2, 0.25) is 0 Å². The summed E-state index contributed by atoms with van der Waals surface area (Å²) >= 11 is 0. The van der Waals surface area contributed by atoms with Crippen molar-refractivity contribution in [2.75, 3.05) is 13.2 Å². The number of hydrogen-bond acceptors (Lipinski definition) is 6. The summed E-state index contributed by atoms with van der Waals surface area (Å²) in [5.41, 5.74) is 11.5. The highest BCUT2D eigenvalue weighted by Gasteiger charge is 2.56. The summed E-state index contributed by atoms with van der Waals surface area (Å²) in [4.78, 5) is 11.0. The largest absolute Gasteiger partial charge is 0.394 e. The molecule has 6 heteroatoms. The lowest BCUT2D eigenvalue weighted by Crippen LogP contribution is -2.59. The van der Waals surface area contributed by atoms with Crippen LogP contribution in [-0.2, 0) is 0 Å². The molecule has 3 rings (SSSR count). The fourth-order valence-electron chi connectivity index (χ4n) is 3.35. The Morgan fingerprint density at radius 2 is 2.31 bits per heavy atom. The van der Waals surface area contributed by atoms with Gasteiger partial charge in [-0.1, -0.05) is 0 Å². The van der Waals surface area contributed by atoms with Crippen molar-refractivity contribution < 1.29 is 5.11 Å². The molecule has 3 atom stereocenters. The molecule has 0 saturated carbocycles. The third-order valence-electron chi connectivity index (χ3n) is 3.98. The smallest absolute Gasteiger partial charge is 0.193 e. The Labute approximate surface area is 94.0 Å². The minimum Gasteiger partial charge on any atom is -0.394 e. The fraction of sp³-hybridized carbons (Fsp3) is 0.800. The number of nitrogens with zero attached hydrogens (tertiary/aromatic N) is 3. The van der Waals surface area contributed by atoms with Gasteiger partial charge in [-0.2, -0.15) is 0 Å². The molecule has 5 N–H and O–H groups in total. The predicted molar refractivity (Wildman–Crippen MR) is 60.9 cm³/mol. The van der Waals surface area contributed by atoms with Crippen molar-refractivity contribution in [2.45, 2.75) is 31.0 Å². The average Bonchev–Trinajstić information content (AvgIpc) is 2.80. The molecule has 0 aliphatic carbocycles. The van der Waals surface area contributed by atoms with Crippen LogP contribution in [0.15, 0.2) is 9.98 Å². The minimum atomic E-state index is -0.302. The van der Waals surface area contributed by atoms with Crippen molar-refractivity contribution in [2.24, 2.45) is 27.4 Å². The molecule has 3 heterocycles.